The molecule has 0 spiro atoms. The number of hydrogen-bond donors (Lipinski definition) is 2. The molecule has 0 aliphatic heterocycles. The van der Waals surface area contributed by atoms with E-state index >= 15 is 0 Å². The number of nitrogens with one attached hydrogen (secondary N) is 2. The van der Waals surface area contributed by atoms with Gasteiger partial charge < -0.3 is 10.6 Å². The molecule has 0 saturated carbocycles. The van der Waals surface area contributed by atoms with Gasteiger partial charge in [0.15, 0.2) is 0 Å². The van der Waals surface area contributed by atoms with Crippen LogP contribution >= 0.6 is 0 Å². The highest BCUT2D eigenvalue weighted by Crippen LogP contribution is 2.32. The predicted octanol–water partition coefficient (Wildman–Crippen LogP) is 4.22. The third-order valence-electron chi connectivity index (χ3n) is 4.67. The highest BCUT2D eigenvalue weighted by molar-refractivity contribution is 6.08. The Hall–Kier alpha value is -3.67. The summed E-state index contributed by atoms with van der Waals surface area (Å²) in [6, 6.07) is 15.8. The van der Waals surface area contributed by atoms with Gasteiger partial charge in [-0.15, -0.1) is 0 Å². The second kappa shape index (κ2) is 7.52. The standard InChI is InChI=1S/C22H21N5O/c1-3-27-14-16(12-25-27)15-9-10-20-18(11-15)21(19(13-24-20)22(28)23-2)26-17-7-5-4-6-8-17/h4-14H,3H2,1-2H3,(H,23,28)(H,24,26). The number of amides is 1. The molecule has 2 aromatic heterocycles. The van der Waals surface area contributed by atoms with Gasteiger partial charge in [-0.05, 0) is 36.8 Å². The molecule has 0 bridgehead atoms. The van der Waals surface area contributed by atoms with Gasteiger partial charge in [0.05, 0.1) is 23.0 Å². The number of rotatable bonds is 5. The summed E-state index contributed by atoms with van der Waals surface area (Å²) in [5.74, 6) is -0.183. The van der Waals surface area contributed by atoms with Crippen LogP contribution in [-0.4, -0.2) is 27.7 Å². The van der Waals surface area contributed by atoms with E-state index in [2.05, 4.69) is 33.7 Å². The maximum Gasteiger partial charge on any atom is 0.254 e. The summed E-state index contributed by atoms with van der Waals surface area (Å²) in [4.78, 5) is 16.9. The quantitative estimate of drug-likeness (QED) is 0.551. The van der Waals surface area contributed by atoms with E-state index in [0.29, 0.717) is 5.56 Å². The second-order valence-corrected chi connectivity index (χ2v) is 6.43. The normalized spacial score (nSPS) is 10.8. The minimum absolute atomic E-state index is 0.183. The van der Waals surface area contributed by atoms with Crippen molar-refractivity contribution in [3.63, 3.8) is 0 Å². The first-order valence-corrected chi connectivity index (χ1v) is 9.19. The first-order valence-electron chi connectivity index (χ1n) is 9.19. The lowest BCUT2D eigenvalue weighted by Gasteiger charge is -2.15. The molecule has 28 heavy (non-hydrogen) atoms. The number of nitrogens with zero attached hydrogens (tertiary/aromatic N) is 3. The zero-order valence-corrected chi connectivity index (χ0v) is 15.8. The molecule has 6 heteroatoms. The molecule has 1 amide bonds. The van der Waals surface area contributed by atoms with Gasteiger partial charge in [0, 0.05) is 42.6 Å². The van der Waals surface area contributed by atoms with E-state index < -0.39 is 0 Å². The van der Waals surface area contributed by atoms with E-state index in [4.69, 9.17) is 0 Å². The Morgan fingerprint density at radius 2 is 1.89 bits per heavy atom. The lowest BCUT2D eigenvalue weighted by atomic mass is 10.0. The Morgan fingerprint density at radius 1 is 1.07 bits per heavy atom. The second-order valence-electron chi connectivity index (χ2n) is 6.43. The number of para-hydroxylation sites is 1. The molecule has 2 aromatic carbocycles. The van der Waals surface area contributed by atoms with Gasteiger partial charge in [-0.25, -0.2) is 0 Å². The van der Waals surface area contributed by atoms with Crippen LogP contribution in [0.1, 0.15) is 17.3 Å². The number of aryl methyl sites for hydroxylation is 1. The molecule has 0 radical (unpaired) electrons. The zero-order valence-electron chi connectivity index (χ0n) is 15.8. The summed E-state index contributed by atoms with van der Waals surface area (Å²) in [6.45, 7) is 2.87. The Labute approximate surface area is 163 Å². The third kappa shape index (κ3) is 3.32. The molecule has 0 unspecified atom stereocenters. The van der Waals surface area contributed by atoms with Crippen LogP contribution in [0.5, 0.6) is 0 Å². The lowest BCUT2D eigenvalue weighted by molar-refractivity contribution is 0.0963. The summed E-state index contributed by atoms with van der Waals surface area (Å²) in [6.07, 6.45) is 5.48. The van der Waals surface area contributed by atoms with Gasteiger partial charge in [0.25, 0.3) is 5.91 Å². The van der Waals surface area contributed by atoms with Gasteiger partial charge in [-0.3, -0.25) is 14.5 Å². The van der Waals surface area contributed by atoms with Crippen molar-refractivity contribution in [1.82, 2.24) is 20.1 Å². The van der Waals surface area contributed by atoms with Crippen LogP contribution in [0, 0.1) is 0 Å². The molecular weight excluding hydrogens is 350 g/mol. The zero-order chi connectivity index (χ0) is 19.5. The maximum atomic E-state index is 12.5. The molecule has 0 aliphatic rings. The smallest absolute Gasteiger partial charge is 0.254 e. The third-order valence-corrected chi connectivity index (χ3v) is 4.67. The maximum absolute atomic E-state index is 12.5. The molecule has 0 fully saturated rings. The van der Waals surface area contributed by atoms with E-state index in [-0.39, 0.29) is 5.91 Å². The number of benzene rings is 2. The molecule has 0 aliphatic carbocycles. The minimum atomic E-state index is -0.183. The first-order chi connectivity index (χ1) is 13.7. The number of fused-ring (bicyclic) bond motifs is 1. The van der Waals surface area contributed by atoms with Crippen LogP contribution < -0.4 is 10.6 Å². The summed E-state index contributed by atoms with van der Waals surface area (Å²) < 4.78 is 1.89. The van der Waals surface area contributed by atoms with E-state index in [1.54, 1.807) is 13.2 Å². The van der Waals surface area contributed by atoms with Crippen LogP contribution in [0.2, 0.25) is 0 Å². The largest absolute Gasteiger partial charge is 0.355 e. The topological polar surface area (TPSA) is 71.8 Å². The van der Waals surface area contributed by atoms with Gasteiger partial charge >= 0.3 is 0 Å². The SMILES string of the molecule is CCn1cc(-c2ccc3ncc(C(=O)NC)c(Nc4ccccc4)c3c2)cn1. The fourth-order valence-electron chi connectivity index (χ4n) is 3.17. The van der Waals surface area contributed by atoms with E-state index in [9.17, 15) is 4.79 Å². The van der Waals surface area contributed by atoms with Crippen molar-refractivity contribution in [2.75, 3.05) is 12.4 Å². The first kappa shape index (κ1) is 17.7. The van der Waals surface area contributed by atoms with Crippen molar-refractivity contribution in [3.8, 4) is 11.1 Å². The number of pyridine rings is 1. The lowest BCUT2D eigenvalue weighted by Crippen LogP contribution is -2.19. The average Bonchev–Trinajstić information content (AvgIpc) is 3.23. The van der Waals surface area contributed by atoms with E-state index in [1.807, 2.05) is 59.5 Å². The fraction of sp³-hybridized carbons (Fsp3) is 0.136. The van der Waals surface area contributed by atoms with Crippen LogP contribution in [0.4, 0.5) is 11.4 Å². The summed E-state index contributed by atoms with van der Waals surface area (Å²) in [5.41, 5.74) is 5.02. The van der Waals surface area contributed by atoms with Gasteiger partial charge in [-0.2, -0.15) is 5.10 Å². The van der Waals surface area contributed by atoms with Crippen LogP contribution in [0.3, 0.4) is 0 Å². The van der Waals surface area contributed by atoms with Crippen molar-refractivity contribution in [3.05, 3.63) is 72.7 Å². The van der Waals surface area contributed by atoms with Crippen molar-refractivity contribution < 1.29 is 4.79 Å². The highest BCUT2D eigenvalue weighted by Gasteiger charge is 2.16. The van der Waals surface area contributed by atoms with Gasteiger partial charge in [0.2, 0.25) is 0 Å². The molecule has 2 heterocycles. The van der Waals surface area contributed by atoms with Crippen molar-refractivity contribution in [1.29, 1.82) is 0 Å². The Morgan fingerprint density at radius 3 is 2.61 bits per heavy atom. The molecule has 4 aromatic rings. The predicted molar refractivity (Wildman–Crippen MR) is 112 cm³/mol. The van der Waals surface area contributed by atoms with Crippen molar-refractivity contribution >= 4 is 28.2 Å². The number of carbonyl (C=O) groups excluding carboxylic acids is 1. The molecule has 140 valence electrons. The van der Waals surface area contributed by atoms with Crippen molar-refractivity contribution in [2.45, 2.75) is 13.5 Å². The summed E-state index contributed by atoms with van der Waals surface area (Å²) >= 11 is 0. The highest BCUT2D eigenvalue weighted by atomic mass is 16.1. The van der Waals surface area contributed by atoms with Crippen LogP contribution in [-0.2, 0) is 6.54 Å². The van der Waals surface area contributed by atoms with Gasteiger partial charge in [-0.1, -0.05) is 24.3 Å². The summed E-state index contributed by atoms with van der Waals surface area (Å²) in [7, 11) is 1.62. The molecule has 0 saturated heterocycles. The fourth-order valence-corrected chi connectivity index (χ4v) is 3.17. The minimum Gasteiger partial charge on any atom is -0.355 e. The molecule has 0 atom stereocenters. The molecule has 4 rings (SSSR count). The van der Waals surface area contributed by atoms with Crippen LogP contribution in [0.15, 0.2) is 67.1 Å². The average molecular weight is 371 g/mol. The molecule has 6 nitrogen and oxygen atoms in total. The van der Waals surface area contributed by atoms with E-state index in [1.165, 1.54) is 0 Å². The Bertz CT molecular complexity index is 1130. The van der Waals surface area contributed by atoms with E-state index in [0.717, 1.165) is 39.9 Å². The number of aromatic nitrogens is 3. The van der Waals surface area contributed by atoms with Crippen LogP contribution in [0.25, 0.3) is 22.0 Å². The summed E-state index contributed by atoms with van der Waals surface area (Å²) in [5, 5.41) is 11.3. The number of anilines is 2. The van der Waals surface area contributed by atoms with Gasteiger partial charge in [0.1, 0.15) is 0 Å². The molecular formula is C22H21N5O. The Balaban J connectivity index is 1.89. The molecule has 2 N–H and O–H groups in total. The Kier molecular flexibility index (Phi) is 4.76. The van der Waals surface area contributed by atoms with Crippen molar-refractivity contribution in [2.24, 2.45) is 0 Å². The number of carbonyl (C=O) groups is 1. The monoisotopic (exact) mass is 371 g/mol. The number of hydrogen-bond acceptors (Lipinski definition) is 4.